The molecule has 1 heterocycles. The Kier molecular flexibility index (Phi) is 3.89. The number of nitrogens with two attached hydrogens (primary N) is 1. The zero-order valence-corrected chi connectivity index (χ0v) is 11.7. The number of pyridine rings is 1. The molecule has 1 aromatic carbocycles. The van der Waals surface area contributed by atoms with Crippen molar-refractivity contribution in [2.45, 2.75) is 20.8 Å². The summed E-state index contributed by atoms with van der Waals surface area (Å²) in [6, 6.07) is 9.18. The maximum atomic E-state index is 8.73. The summed E-state index contributed by atoms with van der Waals surface area (Å²) in [6.07, 6.45) is 0. The van der Waals surface area contributed by atoms with Gasteiger partial charge in [0.05, 0.1) is 0 Å². The van der Waals surface area contributed by atoms with Crippen molar-refractivity contribution in [1.29, 1.82) is 0 Å². The molecular formula is C15H17N3O2. The molecule has 0 spiro atoms. The van der Waals surface area contributed by atoms with E-state index in [4.69, 9.17) is 15.7 Å². The van der Waals surface area contributed by atoms with Gasteiger partial charge in [-0.3, -0.25) is 0 Å². The SMILES string of the molecule is Cc1cc(/C(N)=N/O)cc(Oc2ccc(C)c(C)c2)n1. The molecule has 0 saturated heterocycles. The highest BCUT2D eigenvalue weighted by Crippen LogP contribution is 2.23. The number of nitrogens with zero attached hydrogens (tertiary/aromatic N) is 2. The highest BCUT2D eigenvalue weighted by Gasteiger charge is 2.07. The summed E-state index contributed by atoms with van der Waals surface area (Å²) in [6.45, 7) is 5.88. The Balaban J connectivity index is 2.33. The van der Waals surface area contributed by atoms with E-state index in [1.807, 2.05) is 39.0 Å². The average Bonchev–Trinajstić information content (AvgIpc) is 2.41. The summed E-state index contributed by atoms with van der Waals surface area (Å²) in [5, 5.41) is 11.7. The molecule has 0 aliphatic heterocycles. The third kappa shape index (κ3) is 3.06. The maximum absolute atomic E-state index is 8.73. The Bertz CT molecular complexity index is 666. The summed E-state index contributed by atoms with van der Waals surface area (Å²) in [5.41, 5.74) is 9.23. The van der Waals surface area contributed by atoms with E-state index in [0.29, 0.717) is 17.2 Å². The largest absolute Gasteiger partial charge is 0.439 e. The van der Waals surface area contributed by atoms with E-state index in [-0.39, 0.29) is 5.84 Å². The van der Waals surface area contributed by atoms with Crippen LogP contribution in [0.4, 0.5) is 0 Å². The number of amidine groups is 1. The lowest BCUT2D eigenvalue weighted by molar-refractivity contribution is 0.318. The van der Waals surface area contributed by atoms with Crippen molar-refractivity contribution < 1.29 is 9.94 Å². The molecule has 104 valence electrons. The predicted octanol–water partition coefficient (Wildman–Crippen LogP) is 2.89. The quantitative estimate of drug-likeness (QED) is 0.389. The first-order valence-corrected chi connectivity index (χ1v) is 6.21. The van der Waals surface area contributed by atoms with E-state index < -0.39 is 0 Å². The smallest absolute Gasteiger partial charge is 0.220 e. The van der Waals surface area contributed by atoms with Crippen molar-refractivity contribution in [3.05, 3.63) is 52.7 Å². The van der Waals surface area contributed by atoms with Gasteiger partial charge in [-0.1, -0.05) is 11.2 Å². The monoisotopic (exact) mass is 271 g/mol. The topological polar surface area (TPSA) is 80.7 Å². The van der Waals surface area contributed by atoms with E-state index in [9.17, 15) is 0 Å². The van der Waals surface area contributed by atoms with Crippen LogP contribution in [0.1, 0.15) is 22.4 Å². The first-order chi connectivity index (χ1) is 9.49. The van der Waals surface area contributed by atoms with Crippen LogP contribution in [0.5, 0.6) is 11.6 Å². The van der Waals surface area contributed by atoms with Crippen molar-refractivity contribution in [2.75, 3.05) is 0 Å². The van der Waals surface area contributed by atoms with Crippen LogP contribution < -0.4 is 10.5 Å². The van der Waals surface area contributed by atoms with E-state index in [2.05, 4.69) is 10.1 Å². The summed E-state index contributed by atoms with van der Waals surface area (Å²) < 4.78 is 5.73. The maximum Gasteiger partial charge on any atom is 0.220 e. The van der Waals surface area contributed by atoms with Gasteiger partial charge in [-0.15, -0.1) is 0 Å². The predicted molar refractivity (Wildman–Crippen MR) is 77.5 cm³/mol. The highest BCUT2D eigenvalue weighted by atomic mass is 16.5. The normalized spacial score (nSPS) is 11.4. The first-order valence-electron chi connectivity index (χ1n) is 6.21. The number of aromatic nitrogens is 1. The molecule has 20 heavy (non-hydrogen) atoms. The van der Waals surface area contributed by atoms with Crippen LogP contribution >= 0.6 is 0 Å². The van der Waals surface area contributed by atoms with Gasteiger partial charge in [0.25, 0.3) is 0 Å². The molecule has 2 rings (SSSR count). The van der Waals surface area contributed by atoms with Crippen LogP contribution in [-0.4, -0.2) is 16.0 Å². The molecule has 5 heteroatoms. The van der Waals surface area contributed by atoms with Gasteiger partial charge in [-0.05, 0) is 50.1 Å². The Hall–Kier alpha value is -2.56. The van der Waals surface area contributed by atoms with Crippen LogP contribution in [0.2, 0.25) is 0 Å². The van der Waals surface area contributed by atoms with E-state index >= 15 is 0 Å². The Morgan fingerprint density at radius 3 is 2.55 bits per heavy atom. The van der Waals surface area contributed by atoms with Crippen LogP contribution in [0, 0.1) is 20.8 Å². The molecule has 0 radical (unpaired) electrons. The number of aryl methyl sites for hydroxylation is 3. The third-order valence-corrected chi connectivity index (χ3v) is 3.03. The molecule has 0 atom stereocenters. The highest BCUT2D eigenvalue weighted by molar-refractivity contribution is 5.97. The molecule has 0 fully saturated rings. The molecular weight excluding hydrogens is 254 g/mol. The van der Waals surface area contributed by atoms with Crippen molar-refractivity contribution in [1.82, 2.24) is 4.98 Å². The van der Waals surface area contributed by atoms with Gasteiger partial charge < -0.3 is 15.7 Å². The minimum absolute atomic E-state index is 0.0282. The zero-order valence-electron chi connectivity index (χ0n) is 11.7. The van der Waals surface area contributed by atoms with Gasteiger partial charge in [0.2, 0.25) is 5.88 Å². The molecule has 2 aromatic rings. The Morgan fingerprint density at radius 2 is 1.90 bits per heavy atom. The number of hydrogen-bond acceptors (Lipinski definition) is 4. The summed E-state index contributed by atoms with van der Waals surface area (Å²) in [5.74, 6) is 1.15. The van der Waals surface area contributed by atoms with Crippen molar-refractivity contribution in [2.24, 2.45) is 10.9 Å². The van der Waals surface area contributed by atoms with Gasteiger partial charge in [0, 0.05) is 17.3 Å². The fourth-order valence-electron chi connectivity index (χ4n) is 1.79. The number of rotatable bonds is 3. The molecule has 0 saturated carbocycles. The minimum Gasteiger partial charge on any atom is -0.439 e. The second kappa shape index (κ2) is 5.61. The number of hydrogen-bond donors (Lipinski definition) is 2. The second-order valence-electron chi connectivity index (χ2n) is 4.67. The average molecular weight is 271 g/mol. The summed E-state index contributed by atoms with van der Waals surface area (Å²) in [4.78, 5) is 4.28. The minimum atomic E-state index is 0.0282. The van der Waals surface area contributed by atoms with Gasteiger partial charge >= 0.3 is 0 Å². The lowest BCUT2D eigenvalue weighted by Gasteiger charge is -2.09. The molecule has 0 aliphatic carbocycles. The van der Waals surface area contributed by atoms with Crippen LogP contribution in [0.25, 0.3) is 0 Å². The van der Waals surface area contributed by atoms with Crippen molar-refractivity contribution in [3.8, 4) is 11.6 Å². The first kappa shape index (κ1) is 13.9. The zero-order chi connectivity index (χ0) is 14.7. The summed E-state index contributed by atoms with van der Waals surface area (Å²) in [7, 11) is 0. The third-order valence-electron chi connectivity index (χ3n) is 3.03. The molecule has 0 aliphatic rings. The number of oxime groups is 1. The number of benzene rings is 1. The number of ether oxygens (including phenoxy) is 1. The lowest BCUT2D eigenvalue weighted by Crippen LogP contribution is -2.13. The second-order valence-corrected chi connectivity index (χ2v) is 4.67. The molecule has 0 bridgehead atoms. The fraction of sp³-hybridized carbons (Fsp3) is 0.200. The van der Waals surface area contributed by atoms with Crippen molar-refractivity contribution >= 4 is 5.84 Å². The van der Waals surface area contributed by atoms with Crippen LogP contribution in [-0.2, 0) is 0 Å². The van der Waals surface area contributed by atoms with Gasteiger partial charge in [0.15, 0.2) is 5.84 Å². The van der Waals surface area contributed by atoms with Gasteiger partial charge in [0.1, 0.15) is 5.75 Å². The van der Waals surface area contributed by atoms with Gasteiger partial charge in [-0.2, -0.15) is 0 Å². The molecule has 0 amide bonds. The van der Waals surface area contributed by atoms with Gasteiger partial charge in [-0.25, -0.2) is 4.98 Å². The fourth-order valence-corrected chi connectivity index (χ4v) is 1.79. The standard InChI is InChI=1S/C15H17N3O2/c1-9-4-5-13(6-10(9)2)20-14-8-12(15(16)18-19)7-11(3)17-14/h4-8,19H,1-3H3,(H2,16,18). The molecule has 5 nitrogen and oxygen atoms in total. The van der Waals surface area contributed by atoms with Crippen LogP contribution in [0.3, 0.4) is 0 Å². The lowest BCUT2D eigenvalue weighted by atomic mass is 10.1. The molecule has 0 unspecified atom stereocenters. The Morgan fingerprint density at radius 1 is 1.15 bits per heavy atom. The van der Waals surface area contributed by atoms with E-state index in [0.717, 1.165) is 11.3 Å². The summed E-state index contributed by atoms with van der Waals surface area (Å²) >= 11 is 0. The van der Waals surface area contributed by atoms with E-state index in [1.54, 1.807) is 12.1 Å². The van der Waals surface area contributed by atoms with Crippen LogP contribution in [0.15, 0.2) is 35.5 Å². The molecule has 3 N–H and O–H groups in total. The Labute approximate surface area is 117 Å². The van der Waals surface area contributed by atoms with Crippen molar-refractivity contribution in [3.63, 3.8) is 0 Å². The molecule has 1 aromatic heterocycles. The van der Waals surface area contributed by atoms with E-state index in [1.165, 1.54) is 5.56 Å².